The molecule has 2 rings (SSSR count). The maximum absolute atomic E-state index is 13.1. The van der Waals surface area contributed by atoms with Gasteiger partial charge in [-0.2, -0.15) is 4.98 Å². The van der Waals surface area contributed by atoms with E-state index in [0.717, 1.165) is 0 Å². The van der Waals surface area contributed by atoms with Crippen LogP contribution in [0.3, 0.4) is 0 Å². The van der Waals surface area contributed by atoms with Gasteiger partial charge in [0.1, 0.15) is 11.6 Å². The third-order valence-electron chi connectivity index (χ3n) is 2.20. The molecule has 6 heteroatoms. The van der Waals surface area contributed by atoms with E-state index in [1.807, 2.05) is 13.8 Å². The van der Waals surface area contributed by atoms with Gasteiger partial charge in [0.25, 0.3) is 5.89 Å². The van der Waals surface area contributed by atoms with Crippen LogP contribution in [0.2, 0.25) is 0 Å². The van der Waals surface area contributed by atoms with E-state index in [1.54, 1.807) is 6.07 Å². The Morgan fingerprint density at radius 2 is 2.17 bits per heavy atom. The summed E-state index contributed by atoms with van der Waals surface area (Å²) in [4.78, 5) is 4.16. The first-order valence-electron chi connectivity index (χ1n) is 5.46. The summed E-state index contributed by atoms with van der Waals surface area (Å²) < 4.78 is 24.1. The number of ether oxygens (including phenoxy) is 1. The van der Waals surface area contributed by atoms with Gasteiger partial charge >= 0.3 is 0 Å². The van der Waals surface area contributed by atoms with E-state index in [1.165, 1.54) is 12.1 Å². The van der Waals surface area contributed by atoms with Gasteiger partial charge in [0.15, 0.2) is 12.4 Å². The average Bonchev–Trinajstić information content (AvgIpc) is 2.73. The summed E-state index contributed by atoms with van der Waals surface area (Å²) in [5.74, 6) is 1.25. The molecule has 1 heterocycles. The minimum absolute atomic E-state index is 0.121. The summed E-state index contributed by atoms with van der Waals surface area (Å²) in [5.41, 5.74) is 0. The maximum Gasteiger partial charge on any atom is 0.264 e. The van der Waals surface area contributed by atoms with Gasteiger partial charge < -0.3 is 9.26 Å². The van der Waals surface area contributed by atoms with Crippen LogP contribution in [-0.4, -0.2) is 10.1 Å². The van der Waals surface area contributed by atoms with Crippen LogP contribution in [0.1, 0.15) is 31.5 Å². The summed E-state index contributed by atoms with van der Waals surface area (Å²) in [7, 11) is 0. The predicted molar refractivity (Wildman–Crippen MR) is 66.8 cm³/mol. The lowest BCUT2D eigenvalue weighted by molar-refractivity contribution is 0.241. The van der Waals surface area contributed by atoms with Crippen molar-refractivity contribution >= 4 is 15.9 Å². The number of nitrogens with zero attached hydrogens (tertiary/aromatic N) is 2. The Hall–Kier alpha value is -1.43. The lowest BCUT2D eigenvalue weighted by atomic mass is 10.2. The summed E-state index contributed by atoms with van der Waals surface area (Å²) >= 11 is 3.19. The fourth-order valence-electron chi connectivity index (χ4n) is 1.32. The zero-order chi connectivity index (χ0) is 13.1. The Labute approximate surface area is 112 Å². The molecule has 0 N–H and O–H groups in total. The van der Waals surface area contributed by atoms with Crippen LogP contribution < -0.4 is 4.74 Å². The van der Waals surface area contributed by atoms with Gasteiger partial charge in [-0.25, -0.2) is 4.39 Å². The van der Waals surface area contributed by atoms with Crippen molar-refractivity contribution in [3.05, 3.63) is 40.2 Å². The zero-order valence-electron chi connectivity index (χ0n) is 9.98. The van der Waals surface area contributed by atoms with E-state index in [9.17, 15) is 4.39 Å². The molecule has 4 nitrogen and oxygen atoms in total. The molecule has 0 saturated carbocycles. The summed E-state index contributed by atoms with van der Waals surface area (Å²) in [6.45, 7) is 4.06. The summed E-state index contributed by atoms with van der Waals surface area (Å²) in [5, 5.41) is 3.81. The summed E-state index contributed by atoms with van der Waals surface area (Å²) in [6.07, 6.45) is 0. The number of aromatic nitrogens is 2. The van der Waals surface area contributed by atoms with Crippen LogP contribution in [0.25, 0.3) is 0 Å². The summed E-state index contributed by atoms with van der Waals surface area (Å²) in [6, 6.07) is 4.32. The van der Waals surface area contributed by atoms with Crippen molar-refractivity contribution in [1.82, 2.24) is 10.1 Å². The molecule has 0 fully saturated rings. The van der Waals surface area contributed by atoms with Gasteiger partial charge in [0.2, 0.25) is 0 Å². The highest BCUT2D eigenvalue weighted by atomic mass is 79.9. The van der Waals surface area contributed by atoms with Gasteiger partial charge in [-0.15, -0.1) is 0 Å². The Morgan fingerprint density at radius 3 is 2.78 bits per heavy atom. The molecule has 2 aromatic rings. The predicted octanol–water partition coefficient (Wildman–Crippen LogP) is 3.67. The first kappa shape index (κ1) is 13.0. The largest absolute Gasteiger partial charge is 0.484 e. The molecule has 96 valence electrons. The highest BCUT2D eigenvalue weighted by Crippen LogP contribution is 2.21. The molecule has 0 bridgehead atoms. The molecular weight excluding hydrogens is 303 g/mol. The monoisotopic (exact) mass is 314 g/mol. The Morgan fingerprint density at radius 1 is 1.39 bits per heavy atom. The zero-order valence-corrected chi connectivity index (χ0v) is 11.6. The Bertz CT molecular complexity index is 522. The van der Waals surface area contributed by atoms with E-state index >= 15 is 0 Å². The maximum atomic E-state index is 13.1. The minimum Gasteiger partial charge on any atom is -0.484 e. The molecule has 0 aliphatic rings. The average molecular weight is 315 g/mol. The number of hydrogen-bond donors (Lipinski definition) is 0. The number of rotatable bonds is 4. The van der Waals surface area contributed by atoms with Crippen LogP contribution >= 0.6 is 15.9 Å². The number of halogens is 2. The Balaban J connectivity index is 2.02. The van der Waals surface area contributed by atoms with Gasteiger partial charge in [-0.3, -0.25) is 0 Å². The molecule has 0 spiro atoms. The Kier molecular flexibility index (Phi) is 3.96. The third-order valence-corrected chi connectivity index (χ3v) is 2.66. The van der Waals surface area contributed by atoms with Crippen molar-refractivity contribution in [1.29, 1.82) is 0 Å². The number of hydrogen-bond acceptors (Lipinski definition) is 4. The van der Waals surface area contributed by atoms with E-state index in [2.05, 4.69) is 26.1 Å². The first-order valence-corrected chi connectivity index (χ1v) is 6.25. The molecule has 0 aliphatic carbocycles. The SMILES string of the molecule is CC(C)c1noc(COc2cc(F)cc(Br)c2)n1. The van der Waals surface area contributed by atoms with E-state index < -0.39 is 0 Å². The van der Waals surface area contributed by atoms with Crippen molar-refractivity contribution in [2.24, 2.45) is 0 Å². The van der Waals surface area contributed by atoms with Crippen LogP contribution in [0.4, 0.5) is 4.39 Å². The van der Waals surface area contributed by atoms with Crippen molar-refractivity contribution < 1.29 is 13.7 Å². The van der Waals surface area contributed by atoms with Crippen molar-refractivity contribution in [3.8, 4) is 5.75 Å². The molecule has 1 aromatic carbocycles. The molecule has 0 amide bonds. The molecular formula is C12H12BrFN2O2. The second kappa shape index (κ2) is 5.48. The third kappa shape index (κ3) is 3.29. The minimum atomic E-state index is -0.368. The molecule has 0 radical (unpaired) electrons. The van der Waals surface area contributed by atoms with Crippen LogP contribution in [0.15, 0.2) is 27.2 Å². The second-order valence-electron chi connectivity index (χ2n) is 4.09. The van der Waals surface area contributed by atoms with E-state index in [4.69, 9.17) is 9.26 Å². The molecule has 0 aliphatic heterocycles. The van der Waals surface area contributed by atoms with Crippen molar-refractivity contribution in [2.75, 3.05) is 0 Å². The smallest absolute Gasteiger partial charge is 0.264 e. The second-order valence-corrected chi connectivity index (χ2v) is 5.01. The lowest BCUT2D eigenvalue weighted by Gasteiger charge is -2.03. The molecule has 0 saturated heterocycles. The highest BCUT2D eigenvalue weighted by molar-refractivity contribution is 9.10. The van der Waals surface area contributed by atoms with E-state index in [0.29, 0.717) is 21.9 Å². The van der Waals surface area contributed by atoms with Gasteiger partial charge in [-0.05, 0) is 12.1 Å². The van der Waals surface area contributed by atoms with Crippen LogP contribution in [-0.2, 0) is 6.61 Å². The van der Waals surface area contributed by atoms with Crippen LogP contribution in [0.5, 0.6) is 5.75 Å². The fourth-order valence-corrected chi connectivity index (χ4v) is 1.76. The van der Waals surface area contributed by atoms with E-state index in [-0.39, 0.29) is 18.3 Å². The molecule has 1 aromatic heterocycles. The van der Waals surface area contributed by atoms with Gasteiger partial charge in [-0.1, -0.05) is 34.9 Å². The molecule has 18 heavy (non-hydrogen) atoms. The first-order chi connectivity index (χ1) is 8.54. The fraction of sp³-hybridized carbons (Fsp3) is 0.333. The lowest BCUT2D eigenvalue weighted by Crippen LogP contribution is -1.97. The van der Waals surface area contributed by atoms with Crippen molar-refractivity contribution in [3.63, 3.8) is 0 Å². The van der Waals surface area contributed by atoms with Crippen LogP contribution in [0, 0.1) is 5.82 Å². The molecule has 0 unspecified atom stereocenters. The topological polar surface area (TPSA) is 48.2 Å². The highest BCUT2D eigenvalue weighted by Gasteiger charge is 2.10. The van der Waals surface area contributed by atoms with Gasteiger partial charge in [0, 0.05) is 16.5 Å². The van der Waals surface area contributed by atoms with Crippen molar-refractivity contribution in [2.45, 2.75) is 26.4 Å². The number of benzene rings is 1. The standard InChI is InChI=1S/C12H12BrFN2O2/c1-7(2)12-15-11(18-16-12)6-17-10-4-8(13)3-9(14)5-10/h3-5,7H,6H2,1-2H3. The molecule has 0 atom stereocenters. The quantitative estimate of drug-likeness (QED) is 0.863. The van der Waals surface area contributed by atoms with Gasteiger partial charge in [0.05, 0.1) is 0 Å². The normalized spacial score (nSPS) is 10.9.